The Morgan fingerprint density at radius 2 is 1.04 bits per heavy atom. The van der Waals surface area contributed by atoms with Crippen LogP contribution >= 0.6 is 17.5 Å². The Morgan fingerprint density at radius 1 is 0.609 bits per heavy atom. The van der Waals surface area contributed by atoms with Crippen LogP contribution in [-0.2, 0) is 11.8 Å². The molecule has 3 aromatic rings. The quantitative estimate of drug-likeness (QED) is 0.386. The van der Waals surface area contributed by atoms with E-state index < -0.39 is 5.24 Å². The predicted molar refractivity (Wildman–Crippen MR) is 111 cm³/mol. The van der Waals surface area contributed by atoms with E-state index in [-0.39, 0.29) is 0 Å². The predicted octanol–water partition coefficient (Wildman–Crippen LogP) is 5.13. The van der Waals surface area contributed by atoms with Crippen LogP contribution in [0.4, 0.5) is 0 Å². The van der Waals surface area contributed by atoms with Crippen LogP contribution in [0.1, 0.15) is 11.1 Å². The molecule has 0 amide bonds. The van der Waals surface area contributed by atoms with Crippen molar-refractivity contribution in [1.82, 2.24) is 0 Å². The highest BCUT2D eigenvalue weighted by Gasteiger charge is 2.16. The minimum Gasteiger partial charge on any atom is -0.133 e. The minimum atomic E-state index is -1.99. The third-order valence-electron chi connectivity index (χ3n) is 3.62. The largest absolute Gasteiger partial charge is 0.133 e. The van der Waals surface area contributed by atoms with E-state index in [1.165, 1.54) is 5.56 Å². The highest BCUT2D eigenvalue weighted by atomic mass is 32.9. The molecule has 0 fully saturated rings. The van der Waals surface area contributed by atoms with Crippen LogP contribution in [0.3, 0.4) is 0 Å². The number of hydrogen-bond acceptors (Lipinski definition) is 1. The van der Waals surface area contributed by atoms with Crippen LogP contribution in [0.2, 0.25) is 0 Å². The summed E-state index contributed by atoms with van der Waals surface area (Å²) in [6.07, 6.45) is 4.23. The molecule has 0 nitrogen and oxygen atoms in total. The van der Waals surface area contributed by atoms with Gasteiger partial charge < -0.3 is 0 Å². The maximum absolute atomic E-state index is 5.82. The number of hydrogen-bond donors (Lipinski definition) is 1. The summed E-state index contributed by atoms with van der Waals surface area (Å²) in [5.41, 5.74) is 2.36. The molecule has 3 rings (SSSR count). The van der Waals surface area contributed by atoms with E-state index in [2.05, 4.69) is 60.7 Å². The van der Waals surface area contributed by atoms with Gasteiger partial charge in [-0.3, -0.25) is 0 Å². The molecule has 0 N–H and O–H groups in total. The highest BCUT2D eigenvalue weighted by molar-refractivity contribution is 8.68. The molecule has 0 aromatic heterocycles. The average molecular weight is 352 g/mol. The zero-order valence-electron chi connectivity index (χ0n) is 12.5. The molecule has 0 aliphatic rings. The van der Waals surface area contributed by atoms with Gasteiger partial charge in [0.05, 0.1) is 5.24 Å². The van der Waals surface area contributed by atoms with Crippen molar-refractivity contribution in [2.24, 2.45) is 0 Å². The lowest BCUT2D eigenvalue weighted by Crippen LogP contribution is -2.11. The molecule has 0 bridgehead atoms. The van der Waals surface area contributed by atoms with Crippen LogP contribution in [0.15, 0.2) is 84.9 Å². The molecule has 0 heterocycles. The van der Waals surface area contributed by atoms with Gasteiger partial charge >= 0.3 is 0 Å². The number of rotatable bonds is 4. The smallest absolute Gasteiger partial charge is 0.0584 e. The first-order valence-corrected chi connectivity index (χ1v) is 11.3. The number of thiol groups is 1. The monoisotopic (exact) mass is 352 g/mol. The van der Waals surface area contributed by atoms with Crippen molar-refractivity contribution < 1.29 is 0 Å². The highest BCUT2D eigenvalue weighted by Crippen LogP contribution is 2.48. The molecule has 0 saturated carbocycles. The van der Waals surface area contributed by atoms with Crippen molar-refractivity contribution in [2.75, 3.05) is 0 Å². The molecular weight excluding hydrogens is 335 g/mol. The fourth-order valence-electron chi connectivity index (χ4n) is 2.32. The maximum Gasteiger partial charge on any atom is 0.0584 e. The summed E-state index contributed by atoms with van der Waals surface area (Å²) >= 11 is 10.6. The van der Waals surface area contributed by atoms with Gasteiger partial charge in [0.25, 0.3) is 0 Å². The summed E-state index contributed by atoms with van der Waals surface area (Å²) in [6.45, 7) is 0. The van der Waals surface area contributed by atoms with Gasteiger partial charge in [-0.25, -0.2) is 0 Å². The van der Waals surface area contributed by atoms with E-state index in [0.29, 0.717) is 0 Å². The molecule has 1 unspecified atom stereocenters. The molecule has 23 heavy (non-hydrogen) atoms. The Labute approximate surface area is 148 Å². The SMILES string of the molecule is S=P(S)(c1ccccc1)c1ccc(/C=C/c2ccccc2)cc1. The second-order valence-electron chi connectivity index (χ2n) is 5.25. The second-order valence-corrected chi connectivity index (χ2v) is 11.7. The summed E-state index contributed by atoms with van der Waals surface area (Å²) < 4.78 is 0. The summed E-state index contributed by atoms with van der Waals surface area (Å²) in [5, 5.41) is 0.264. The summed E-state index contributed by atoms with van der Waals surface area (Å²) in [6, 6.07) is 28.9. The van der Waals surface area contributed by atoms with Crippen LogP contribution in [0, 0.1) is 0 Å². The van der Waals surface area contributed by atoms with Gasteiger partial charge in [-0.05, 0) is 21.7 Å². The standard InChI is InChI=1S/C20H17PS2/c22-21(23,19-9-5-2-6-10-19)20-15-13-18(14-16-20)12-11-17-7-3-1-4-8-17/h1-16H,(H,22,23)/b12-11+. The van der Waals surface area contributed by atoms with Crippen LogP contribution in [0.5, 0.6) is 0 Å². The zero-order valence-corrected chi connectivity index (χ0v) is 15.1. The molecule has 3 heteroatoms. The first-order chi connectivity index (χ1) is 11.2. The Kier molecular flexibility index (Phi) is 5.17. The van der Waals surface area contributed by atoms with Crippen LogP contribution in [0.25, 0.3) is 12.2 Å². The van der Waals surface area contributed by atoms with E-state index in [9.17, 15) is 0 Å². The Hall–Kier alpha value is -1.60. The lowest BCUT2D eigenvalue weighted by Gasteiger charge is -2.16. The zero-order chi connectivity index (χ0) is 16.1. The van der Waals surface area contributed by atoms with E-state index in [1.807, 2.05) is 36.4 Å². The van der Waals surface area contributed by atoms with Gasteiger partial charge in [0, 0.05) is 0 Å². The topological polar surface area (TPSA) is 0 Å². The normalized spacial score (nSPS) is 13.8. The van der Waals surface area contributed by atoms with Crippen molar-refractivity contribution in [2.45, 2.75) is 0 Å². The fraction of sp³-hybridized carbons (Fsp3) is 0. The average Bonchev–Trinajstić information content (AvgIpc) is 2.62. The van der Waals surface area contributed by atoms with Gasteiger partial charge in [-0.1, -0.05) is 109 Å². The van der Waals surface area contributed by atoms with Gasteiger partial charge in [0.15, 0.2) is 0 Å². The molecule has 0 aliphatic heterocycles. The molecule has 0 spiro atoms. The van der Waals surface area contributed by atoms with Crippen molar-refractivity contribution >= 4 is 52.1 Å². The molecule has 3 aromatic carbocycles. The van der Waals surface area contributed by atoms with Gasteiger partial charge in [0.2, 0.25) is 0 Å². The second kappa shape index (κ2) is 7.31. The molecule has 0 saturated heterocycles. The van der Waals surface area contributed by atoms with Gasteiger partial charge in [-0.2, -0.15) is 0 Å². The third kappa shape index (κ3) is 4.03. The molecular formula is C20H17PS2. The minimum absolute atomic E-state index is 1.12. The van der Waals surface area contributed by atoms with Crippen molar-refractivity contribution in [3.8, 4) is 0 Å². The molecule has 0 radical (unpaired) electrons. The summed E-state index contributed by atoms with van der Waals surface area (Å²) in [5.74, 6) is 0. The van der Waals surface area contributed by atoms with Gasteiger partial charge in [-0.15, -0.1) is 12.2 Å². The van der Waals surface area contributed by atoms with E-state index >= 15 is 0 Å². The summed E-state index contributed by atoms with van der Waals surface area (Å²) in [4.78, 5) is 0. The van der Waals surface area contributed by atoms with Crippen LogP contribution < -0.4 is 10.6 Å². The fourth-order valence-corrected chi connectivity index (χ4v) is 5.28. The lowest BCUT2D eigenvalue weighted by molar-refractivity contribution is 1.66. The van der Waals surface area contributed by atoms with Crippen LogP contribution in [-0.4, -0.2) is 0 Å². The van der Waals surface area contributed by atoms with E-state index in [1.54, 1.807) is 0 Å². The number of benzene rings is 3. The van der Waals surface area contributed by atoms with E-state index in [4.69, 9.17) is 24.1 Å². The Balaban J connectivity index is 1.82. The Bertz CT molecular complexity index is 838. The molecule has 114 valence electrons. The van der Waals surface area contributed by atoms with Crippen molar-refractivity contribution in [1.29, 1.82) is 0 Å². The van der Waals surface area contributed by atoms with E-state index in [0.717, 1.165) is 16.2 Å². The first-order valence-electron chi connectivity index (χ1n) is 7.38. The molecule has 0 aliphatic carbocycles. The lowest BCUT2D eigenvalue weighted by atomic mass is 10.1. The van der Waals surface area contributed by atoms with Crippen molar-refractivity contribution in [3.63, 3.8) is 0 Å². The first kappa shape index (κ1) is 16.3. The maximum atomic E-state index is 5.82. The van der Waals surface area contributed by atoms with Gasteiger partial charge in [0.1, 0.15) is 0 Å². The molecule has 1 atom stereocenters. The third-order valence-corrected chi connectivity index (χ3v) is 8.26. The summed E-state index contributed by atoms with van der Waals surface area (Å²) in [7, 11) is 0. The Morgan fingerprint density at radius 3 is 1.61 bits per heavy atom. The van der Waals surface area contributed by atoms with Crippen molar-refractivity contribution in [3.05, 3.63) is 96.1 Å².